The lowest BCUT2D eigenvalue weighted by molar-refractivity contribution is -0.144. The van der Waals surface area contributed by atoms with Crippen LogP contribution in [0.1, 0.15) is 27.2 Å². The summed E-state index contributed by atoms with van der Waals surface area (Å²) >= 11 is 0. The Balaban J connectivity index is 2.12. The van der Waals surface area contributed by atoms with E-state index in [1.807, 2.05) is 20.8 Å². The van der Waals surface area contributed by atoms with E-state index >= 15 is 0 Å². The van der Waals surface area contributed by atoms with Gasteiger partial charge in [-0.1, -0.05) is 6.92 Å². The molecule has 1 aliphatic rings. The largest absolute Gasteiger partial charge is 0.426 e. The molecule has 1 aromatic rings. The third kappa shape index (κ3) is 3.02. The SMILES string of the molecule is CCC(C)(C)C(=O)Oc1ccc(N2C(=O)C=CC2=O)cc1. The molecule has 0 atom stereocenters. The Bertz CT molecular complexity index is 596. The van der Waals surface area contributed by atoms with Crippen molar-refractivity contribution in [1.29, 1.82) is 0 Å². The Morgan fingerprint density at radius 3 is 2.10 bits per heavy atom. The second-order valence-corrected chi connectivity index (χ2v) is 5.47. The molecular formula is C16H17NO4. The summed E-state index contributed by atoms with van der Waals surface area (Å²) in [6, 6.07) is 6.28. The van der Waals surface area contributed by atoms with Gasteiger partial charge in [0.1, 0.15) is 5.75 Å². The Labute approximate surface area is 123 Å². The minimum absolute atomic E-state index is 0.312. The summed E-state index contributed by atoms with van der Waals surface area (Å²) < 4.78 is 5.30. The maximum absolute atomic E-state index is 12.0. The van der Waals surface area contributed by atoms with Crippen LogP contribution in [0.4, 0.5) is 5.69 Å². The van der Waals surface area contributed by atoms with E-state index in [4.69, 9.17) is 4.74 Å². The molecule has 110 valence electrons. The fourth-order valence-electron chi connectivity index (χ4n) is 1.71. The molecule has 5 nitrogen and oxygen atoms in total. The Morgan fingerprint density at radius 1 is 1.10 bits per heavy atom. The maximum atomic E-state index is 12.0. The summed E-state index contributed by atoms with van der Waals surface area (Å²) in [5.74, 6) is -0.682. The first kappa shape index (κ1) is 15.0. The molecule has 5 heteroatoms. The lowest BCUT2D eigenvalue weighted by Crippen LogP contribution is -2.29. The molecule has 1 aromatic carbocycles. The average Bonchev–Trinajstić information content (AvgIpc) is 2.79. The molecule has 0 radical (unpaired) electrons. The molecule has 0 aromatic heterocycles. The fraction of sp³-hybridized carbons (Fsp3) is 0.312. The van der Waals surface area contributed by atoms with E-state index in [0.29, 0.717) is 17.9 Å². The summed E-state index contributed by atoms with van der Waals surface area (Å²) in [5, 5.41) is 0. The maximum Gasteiger partial charge on any atom is 0.316 e. The summed E-state index contributed by atoms with van der Waals surface area (Å²) in [4.78, 5) is 36.1. The number of rotatable bonds is 4. The number of esters is 1. The van der Waals surface area contributed by atoms with Gasteiger partial charge in [0, 0.05) is 12.2 Å². The van der Waals surface area contributed by atoms with Crippen LogP contribution in [0.2, 0.25) is 0 Å². The van der Waals surface area contributed by atoms with Crippen molar-refractivity contribution in [2.75, 3.05) is 4.90 Å². The Kier molecular flexibility index (Phi) is 3.93. The molecular weight excluding hydrogens is 270 g/mol. The highest BCUT2D eigenvalue weighted by Crippen LogP contribution is 2.26. The minimum Gasteiger partial charge on any atom is -0.426 e. The quantitative estimate of drug-likeness (QED) is 0.485. The van der Waals surface area contributed by atoms with Crippen LogP contribution in [0.25, 0.3) is 0 Å². The zero-order valence-corrected chi connectivity index (χ0v) is 12.3. The zero-order chi connectivity index (χ0) is 15.6. The van der Waals surface area contributed by atoms with Crippen LogP contribution in [0.5, 0.6) is 5.75 Å². The molecule has 0 N–H and O–H groups in total. The predicted octanol–water partition coefficient (Wildman–Crippen LogP) is 2.46. The van der Waals surface area contributed by atoms with Crippen molar-refractivity contribution in [3.05, 3.63) is 36.4 Å². The van der Waals surface area contributed by atoms with E-state index in [2.05, 4.69) is 0 Å². The summed E-state index contributed by atoms with van der Waals surface area (Å²) in [7, 11) is 0. The first-order valence-electron chi connectivity index (χ1n) is 6.73. The van der Waals surface area contributed by atoms with Crippen LogP contribution < -0.4 is 9.64 Å². The minimum atomic E-state index is -0.552. The first-order chi connectivity index (χ1) is 9.85. The van der Waals surface area contributed by atoms with Crippen molar-refractivity contribution in [1.82, 2.24) is 0 Å². The second kappa shape index (κ2) is 5.52. The zero-order valence-electron chi connectivity index (χ0n) is 12.3. The highest BCUT2D eigenvalue weighted by molar-refractivity contribution is 6.28. The second-order valence-electron chi connectivity index (χ2n) is 5.47. The molecule has 0 unspecified atom stereocenters. The van der Waals surface area contributed by atoms with Gasteiger partial charge in [0.2, 0.25) is 0 Å². The van der Waals surface area contributed by atoms with Gasteiger partial charge in [0.25, 0.3) is 11.8 Å². The smallest absolute Gasteiger partial charge is 0.316 e. The van der Waals surface area contributed by atoms with Gasteiger partial charge < -0.3 is 4.74 Å². The van der Waals surface area contributed by atoms with Crippen molar-refractivity contribution in [3.8, 4) is 5.75 Å². The monoisotopic (exact) mass is 287 g/mol. The average molecular weight is 287 g/mol. The van der Waals surface area contributed by atoms with Gasteiger partial charge in [-0.2, -0.15) is 0 Å². The van der Waals surface area contributed by atoms with Crippen LogP contribution in [-0.2, 0) is 14.4 Å². The molecule has 0 spiro atoms. The summed E-state index contributed by atoms with van der Waals surface area (Å²) in [5.41, 5.74) is -0.103. The lowest BCUT2D eigenvalue weighted by atomic mass is 9.91. The van der Waals surface area contributed by atoms with E-state index in [9.17, 15) is 14.4 Å². The number of anilines is 1. The Morgan fingerprint density at radius 2 is 1.62 bits per heavy atom. The number of amides is 2. The van der Waals surface area contributed by atoms with Crippen molar-refractivity contribution >= 4 is 23.5 Å². The molecule has 21 heavy (non-hydrogen) atoms. The highest BCUT2D eigenvalue weighted by Gasteiger charge is 2.28. The van der Waals surface area contributed by atoms with Gasteiger partial charge in [0.05, 0.1) is 11.1 Å². The van der Waals surface area contributed by atoms with E-state index in [-0.39, 0.29) is 17.8 Å². The number of imide groups is 1. The van der Waals surface area contributed by atoms with Gasteiger partial charge in [-0.25, -0.2) is 4.90 Å². The first-order valence-corrected chi connectivity index (χ1v) is 6.73. The van der Waals surface area contributed by atoms with E-state index in [1.165, 1.54) is 12.2 Å². The van der Waals surface area contributed by atoms with Crippen molar-refractivity contribution < 1.29 is 19.1 Å². The summed E-state index contributed by atoms with van der Waals surface area (Å²) in [6.07, 6.45) is 3.12. The number of carbonyl (C=O) groups excluding carboxylic acids is 3. The van der Waals surface area contributed by atoms with E-state index in [1.54, 1.807) is 24.3 Å². The van der Waals surface area contributed by atoms with Gasteiger partial charge in [-0.05, 0) is 44.5 Å². The number of hydrogen-bond acceptors (Lipinski definition) is 4. The highest BCUT2D eigenvalue weighted by atomic mass is 16.5. The molecule has 1 heterocycles. The fourth-order valence-corrected chi connectivity index (χ4v) is 1.71. The number of nitrogens with zero attached hydrogens (tertiary/aromatic N) is 1. The molecule has 0 saturated carbocycles. The van der Waals surface area contributed by atoms with Gasteiger partial charge in [-0.15, -0.1) is 0 Å². The van der Waals surface area contributed by atoms with Gasteiger partial charge in [0.15, 0.2) is 0 Å². The van der Waals surface area contributed by atoms with Crippen LogP contribution in [0.15, 0.2) is 36.4 Å². The molecule has 2 rings (SSSR count). The van der Waals surface area contributed by atoms with Crippen LogP contribution in [0.3, 0.4) is 0 Å². The number of carbonyl (C=O) groups is 3. The van der Waals surface area contributed by atoms with Crippen LogP contribution in [-0.4, -0.2) is 17.8 Å². The molecule has 0 bridgehead atoms. The molecule has 1 aliphatic heterocycles. The van der Waals surface area contributed by atoms with Crippen LogP contribution in [0, 0.1) is 5.41 Å². The van der Waals surface area contributed by atoms with Gasteiger partial charge >= 0.3 is 5.97 Å². The van der Waals surface area contributed by atoms with Crippen molar-refractivity contribution in [3.63, 3.8) is 0 Å². The topological polar surface area (TPSA) is 63.7 Å². The third-order valence-electron chi connectivity index (χ3n) is 3.55. The molecule has 0 fully saturated rings. The summed E-state index contributed by atoms with van der Waals surface area (Å²) in [6.45, 7) is 5.55. The van der Waals surface area contributed by atoms with E-state index < -0.39 is 5.41 Å². The number of hydrogen-bond donors (Lipinski definition) is 0. The van der Waals surface area contributed by atoms with Crippen LogP contribution >= 0.6 is 0 Å². The van der Waals surface area contributed by atoms with E-state index in [0.717, 1.165) is 4.90 Å². The predicted molar refractivity (Wildman–Crippen MR) is 77.8 cm³/mol. The Hall–Kier alpha value is -2.43. The third-order valence-corrected chi connectivity index (χ3v) is 3.55. The molecule has 0 aliphatic carbocycles. The normalized spacial score (nSPS) is 14.7. The van der Waals surface area contributed by atoms with Crippen molar-refractivity contribution in [2.24, 2.45) is 5.41 Å². The lowest BCUT2D eigenvalue weighted by Gasteiger charge is -2.20. The molecule has 2 amide bonds. The standard InChI is InChI=1S/C16H17NO4/c1-4-16(2,3)15(20)21-12-7-5-11(6-8-12)17-13(18)9-10-14(17)19/h5-10H,4H2,1-3H3. The number of ether oxygens (including phenoxy) is 1. The van der Waals surface area contributed by atoms with Gasteiger partial charge in [-0.3, -0.25) is 14.4 Å². The van der Waals surface area contributed by atoms with Crippen molar-refractivity contribution in [2.45, 2.75) is 27.2 Å². The molecule has 0 saturated heterocycles. The number of benzene rings is 1.